The maximum atomic E-state index is 13.1. The topological polar surface area (TPSA) is 237 Å². The van der Waals surface area contributed by atoms with E-state index in [-0.39, 0.29) is 25.7 Å². The van der Waals surface area contributed by atoms with Crippen molar-refractivity contribution >= 4 is 39.5 Å². The first-order chi connectivity index (χ1) is 46.7. The lowest BCUT2D eigenvalue weighted by molar-refractivity contribution is -0.161. The van der Waals surface area contributed by atoms with Crippen LogP contribution in [0.1, 0.15) is 396 Å². The monoisotopic (exact) mass is 1420 g/mol. The predicted octanol–water partition coefficient (Wildman–Crippen LogP) is 22.8. The second kappa shape index (κ2) is 67.2. The van der Waals surface area contributed by atoms with Gasteiger partial charge >= 0.3 is 39.5 Å². The van der Waals surface area contributed by atoms with E-state index in [9.17, 15) is 43.2 Å². The first-order valence-electron chi connectivity index (χ1n) is 40.3. The molecule has 0 aromatic rings. The van der Waals surface area contributed by atoms with Crippen LogP contribution in [0.2, 0.25) is 0 Å². The molecule has 0 aromatic carbocycles. The molecule has 0 saturated heterocycles. The number of esters is 4. The highest BCUT2D eigenvalue weighted by Gasteiger charge is 2.30. The van der Waals surface area contributed by atoms with Gasteiger partial charge in [-0.1, -0.05) is 344 Å². The van der Waals surface area contributed by atoms with Gasteiger partial charge < -0.3 is 33.8 Å². The van der Waals surface area contributed by atoms with E-state index < -0.39 is 97.5 Å². The van der Waals surface area contributed by atoms with Crippen LogP contribution < -0.4 is 0 Å². The summed E-state index contributed by atoms with van der Waals surface area (Å²) >= 11 is 0. The van der Waals surface area contributed by atoms with Gasteiger partial charge in [0.1, 0.15) is 19.3 Å². The zero-order chi connectivity index (χ0) is 71.7. The van der Waals surface area contributed by atoms with E-state index >= 15 is 0 Å². The van der Waals surface area contributed by atoms with Gasteiger partial charge in [0.25, 0.3) is 0 Å². The number of hydrogen-bond donors (Lipinski definition) is 3. The number of aliphatic hydroxyl groups excluding tert-OH is 1. The minimum absolute atomic E-state index is 0.102. The number of ether oxygens (including phenoxy) is 4. The van der Waals surface area contributed by atoms with Crippen LogP contribution >= 0.6 is 15.6 Å². The maximum absolute atomic E-state index is 13.1. The average molecular weight is 1420 g/mol. The Balaban J connectivity index is 5.19. The van der Waals surface area contributed by atoms with Crippen molar-refractivity contribution in [3.8, 4) is 0 Å². The Morgan fingerprint density at radius 2 is 0.495 bits per heavy atom. The molecule has 0 heterocycles. The lowest BCUT2D eigenvalue weighted by Crippen LogP contribution is -2.30. The summed E-state index contributed by atoms with van der Waals surface area (Å²) in [4.78, 5) is 72.8. The van der Waals surface area contributed by atoms with E-state index in [0.717, 1.165) is 114 Å². The third-order valence-electron chi connectivity index (χ3n) is 18.8. The molecule has 0 aliphatic carbocycles. The first-order valence-corrected chi connectivity index (χ1v) is 43.3. The summed E-state index contributed by atoms with van der Waals surface area (Å²) < 4.78 is 68.5. The quantitative estimate of drug-likeness (QED) is 0.0222. The highest BCUT2D eigenvalue weighted by Crippen LogP contribution is 2.45. The van der Waals surface area contributed by atoms with Gasteiger partial charge in [-0.05, 0) is 49.4 Å². The second-order valence-corrected chi connectivity index (χ2v) is 32.4. The minimum Gasteiger partial charge on any atom is -0.462 e. The Labute approximate surface area is 594 Å². The van der Waals surface area contributed by atoms with E-state index in [4.69, 9.17) is 37.0 Å². The average Bonchev–Trinajstić information content (AvgIpc) is 1.16. The van der Waals surface area contributed by atoms with Gasteiger partial charge in [-0.15, -0.1) is 0 Å². The normalized spacial score (nSPS) is 14.6. The van der Waals surface area contributed by atoms with E-state index in [1.54, 1.807) is 0 Å². The van der Waals surface area contributed by atoms with Gasteiger partial charge in [-0.2, -0.15) is 0 Å². The molecule has 0 fully saturated rings. The number of hydrogen-bond acceptors (Lipinski definition) is 15. The summed E-state index contributed by atoms with van der Waals surface area (Å²) in [7, 11) is -9.91. The molecule has 3 N–H and O–H groups in total. The summed E-state index contributed by atoms with van der Waals surface area (Å²) in [5.74, 6) is 0.938. The van der Waals surface area contributed by atoms with Crippen molar-refractivity contribution in [2.75, 3.05) is 39.6 Å². The molecule has 0 saturated carbocycles. The molecule has 0 spiro atoms. The summed E-state index contributed by atoms with van der Waals surface area (Å²) in [6.45, 7) is 14.2. The second-order valence-electron chi connectivity index (χ2n) is 29.5. The molecule has 0 radical (unpaired) electrons. The fourth-order valence-electron chi connectivity index (χ4n) is 11.8. The number of rotatable bonds is 75. The highest BCUT2D eigenvalue weighted by molar-refractivity contribution is 7.47. The van der Waals surface area contributed by atoms with E-state index in [2.05, 4.69) is 55.4 Å². The zero-order valence-corrected chi connectivity index (χ0v) is 65.5. The number of carbonyl (C=O) groups excluding carboxylic acids is 4. The van der Waals surface area contributed by atoms with Gasteiger partial charge in [-0.25, -0.2) is 9.13 Å². The molecule has 17 nitrogen and oxygen atoms in total. The largest absolute Gasteiger partial charge is 0.472 e. The highest BCUT2D eigenvalue weighted by atomic mass is 31.2. The van der Waals surface area contributed by atoms with Crippen LogP contribution in [-0.4, -0.2) is 96.7 Å². The molecule has 19 heteroatoms. The number of aliphatic hydroxyl groups is 1. The van der Waals surface area contributed by atoms with Crippen molar-refractivity contribution in [2.24, 2.45) is 23.7 Å². The van der Waals surface area contributed by atoms with Crippen molar-refractivity contribution in [2.45, 2.75) is 414 Å². The Hall–Kier alpha value is -1.94. The van der Waals surface area contributed by atoms with Gasteiger partial charge in [0.05, 0.1) is 26.4 Å². The smallest absolute Gasteiger partial charge is 0.462 e. The number of phosphoric acid groups is 2. The number of phosphoric ester groups is 2. The summed E-state index contributed by atoms with van der Waals surface area (Å²) in [6.07, 6.45) is 53.1. The fourth-order valence-corrected chi connectivity index (χ4v) is 13.4. The van der Waals surface area contributed by atoms with E-state index in [0.29, 0.717) is 31.6 Å². The van der Waals surface area contributed by atoms with Crippen molar-refractivity contribution in [3.63, 3.8) is 0 Å². The predicted molar refractivity (Wildman–Crippen MR) is 395 cm³/mol. The molecular formula is C78H152O17P2. The van der Waals surface area contributed by atoms with Crippen LogP contribution in [0, 0.1) is 23.7 Å². The maximum Gasteiger partial charge on any atom is 0.472 e. The van der Waals surface area contributed by atoms with Gasteiger partial charge in [0, 0.05) is 25.7 Å². The lowest BCUT2D eigenvalue weighted by atomic mass is 9.99. The molecular weight excluding hydrogens is 1270 g/mol. The summed E-state index contributed by atoms with van der Waals surface area (Å²) in [5.41, 5.74) is 0. The molecule has 0 aliphatic heterocycles. The summed E-state index contributed by atoms with van der Waals surface area (Å²) in [5, 5.41) is 10.6. The molecule has 0 amide bonds. The van der Waals surface area contributed by atoms with Crippen LogP contribution in [0.4, 0.5) is 0 Å². The van der Waals surface area contributed by atoms with Crippen LogP contribution in [0.5, 0.6) is 0 Å². The Kier molecular flexibility index (Phi) is 65.9. The van der Waals surface area contributed by atoms with Gasteiger partial charge in [0.2, 0.25) is 0 Å². The van der Waals surface area contributed by atoms with Crippen LogP contribution in [-0.2, 0) is 65.4 Å². The molecule has 576 valence electrons. The number of carbonyl (C=O) groups is 4. The third-order valence-corrected chi connectivity index (χ3v) is 20.7. The standard InChI is InChI=1S/C78H152O17P2/c1-9-70(7)56-48-40-31-27-23-19-15-13-11-12-14-16-20-25-29-33-44-52-60-77(82)94-73(64-88-75(80)58-50-42-32-28-24-21-17-18-22-26-30-38-46-54-68(3)4)66-92-96(84,85)90-62-72(79)63-91-97(86,87)93-67-74(65-89-76(81)59-51-43-36-34-39-47-55-69(5)6)95-78(83)61-53-45-37-35-41-49-57-71(8)10-2/h68-74,79H,9-67H2,1-8H3,(H,84,85)(H,86,87)/t70?,71?,72-,73-,74-/m1/s1. The van der Waals surface area contributed by atoms with Crippen LogP contribution in [0.25, 0.3) is 0 Å². The third kappa shape index (κ3) is 69.5. The molecule has 0 aliphatic rings. The number of unbranched alkanes of at least 4 members (excludes halogenated alkanes) is 39. The lowest BCUT2D eigenvalue weighted by Gasteiger charge is -2.21. The van der Waals surface area contributed by atoms with Crippen molar-refractivity contribution < 1.29 is 80.2 Å². The molecule has 0 rings (SSSR count). The molecule has 97 heavy (non-hydrogen) atoms. The van der Waals surface area contributed by atoms with Gasteiger partial charge in [-0.3, -0.25) is 37.3 Å². The van der Waals surface area contributed by atoms with E-state index in [1.807, 2.05) is 0 Å². The fraction of sp³-hybridized carbons (Fsp3) is 0.949. The first kappa shape index (κ1) is 95.1. The minimum atomic E-state index is -4.96. The Bertz CT molecular complexity index is 1910. The Morgan fingerprint density at radius 3 is 0.732 bits per heavy atom. The summed E-state index contributed by atoms with van der Waals surface area (Å²) in [6, 6.07) is 0. The molecule has 7 atom stereocenters. The van der Waals surface area contributed by atoms with Crippen molar-refractivity contribution in [1.29, 1.82) is 0 Å². The molecule has 0 bridgehead atoms. The van der Waals surface area contributed by atoms with Gasteiger partial charge in [0.15, 0.2) is 12.2 Å². The van der Waals surface area contributed by atoms with E-state index in [1.165, 1.54) is 193 Å². The zero-order valence-electron chi connectivity index (χ0n) is 63.7. The molecule has 0 aromatic heterocycles. The Morgan fingerprint density at radius 1 is 0.289 bits per heavy atom. The van der Waals surface area contributed by atoms with Crippen LogP contribution in [0.15, 0.2) is 0 Å². The van der Waals surface area contributed by atoms with Crippen molar-refractivity contribution in [1.82, 2.24) is 0 Å². The van der Waals surface area contributed by atoms with Crippen LogP contribution in [0.3, 0.4) is 0 Å². The molecule has 4 unspecified atom stereocenters. The SMILES string of the molecule is CCC(C)CCCCCCCCCCCCCCCCCCCCC(=O)O[C@H](COC(=O)CCCCCCCCCCCCCCCC(C)C)COP(=O)(O)OC[C@@H](O)COP(=O)(O)OC[C@@H](COC(=O)CCCCCCCCC(C)C)OC(=O)CCCCCCCCC(C)CC. The van der Waals surface area contributed by atoms with Crippen molar-refractivity contribution in [3.05, 3.63) is 0 Å².